The molecule has 0 saturated carbocycles. The summed E-state index contributed by atoms with van der Waals surface area (Å²) in [5.74, 6) is 0.834. The zero-order valence-electron chi connectivity index (χ0n) is 9.44. The van der Waals surface area contributed by atoms with Crippen molar-refractivity contribution in [2.24, 2.45) is 5.92 Å². The Morgan fingerprint density at radius 3 is 2.54 bits per heavy atom. The third kappa shape index (κ3) is 8.26. The number of hydrogen-bond donors (Lipinski definition) is 1. The Kier molecular flexibility index (Phi) is 9.94. The molecule has 0 fully saturated rings. The first-order valence-corrected chi connectivity index (χ1v) is 5.63. The van der Waals surface area contributed by atoms with E-state index in [0.29, 0.717) is 0 Å². The van der Waals surface area contributed by atoms with Gasteiger partial charge in [0.2, 0.25) is 0 Å². The highest BCUT2D eigenvalue weighted by Crippen LogP contribution is 2.09. The first kappa shape index (κ1) is 12.9. The zero-order valence-corrected chi connectivity index (χ0v) is 9.44. The standard InChI is InChI=1S/C11H25NO/c1-4-11(10-12-5-2)8-7-9-13-6-3/h11-12H,4-10H2,1-3H3. The van der Waals surface area contributed by atoms with E-state index < -0.39 is 0 Å². The molecule has 0 aromatic carbocycles. The predicted molar refractivity (Wildman–Crippen MR) is 58.1 cm³/mol. The molecule has 80 valence electrons. The second kappa shape index (κ2) is 10.0. The van der Waals surface area contributed by atoms with Crippen LogP contribution in [0.15, 0.2) is 0 Å². The minimum atomic E-state index is 0.834. The highest BCUT2D eigenvalue weighted by Gasteiger charge is 2.04. The molecule has 0 amide bonds. The second-order valence-electron chi connectivity index (χ2n) is 3.42. The molecule has 1 unspecified atom stereocenters. The lowest BCUT2D eigenvalue weighted by Gasteiger charge is -2.14. The second-order valence-corrected chi connectivity index (χ2v) is 3.42. The van der Waals surface area contributed by atoms with E-state index in [4.69, 9.17) is 4.74 Å². The van der Waals surface area contributed by atoms with Gasteiger partial charge in [-0.3, -0.25) is 0 Å². The van der Waals surface area contributed by atoms with Gasteiger partial charge in [-0.2, -0.15) is 0 Å². The third-order valence-corrected chi connectivity index (χ3v) is 2.37. The van der Waals surface area contributed by atoms with Gasteiger partial charge in [0.05, 0.1) is 0 Å². The van der Waals surface area contributed by atoms with Crippen molar-refractivity contribution >= 4 is 0 Å². The van der Waals surface area contributed by atoms with Gasteiger partial charge >= 0.3 is 0 Å². The van der Waals surface area contributed by atoms with Crippen molar-refractivity contribution in [2.75, 3.05) is 26.3 Å². The largest absolute Gasteiger partial charge is 0.382 e. The zero-order chi connectivity index (χ0) is 9.94. The van der Waals surface area contributed by atoms with Gasteiger partial charge in [0.1, 0.15) is 0 Å². The first-order valence-electron chi connectivity index (χ1n) is 5.63. The fourth-order valence-corrected chi connectivity index (χ4v) is 1.42. The van der Waals surface area contributed by atoms with Crippen LogP contribution in [0.3, 0.4) is 0 Å². The molecule has 0 aromatic heterocycles. The highest BCUT2D eigenvalue weighted by atomic mass is 16.5. The lowest BCUT2D eigenvalue weighted by Crippen LogP contribution is -2.22. The maximum absolute atomic E-state index is 5.31. The molecular formula is C11H25NO. The average molecular weight is 187 g/mol. The SMILES string of the molecule is CCNCC(CC)CCCOCC. The van der Waals surface area contributed by atoms with Crippen molar-refractivity contribution in [2.45, 2.75) is 40.0 Å². The van der Waals surface area contributed by atoms with E-state index in [1.165, 1.54) is 25.8 Å². The van der Waals surface area contributed by atoms with E-state index >= 15 is 0 Å². The van der Waals surface area contributed by atoms with E-state index in [-0.39, 0.29) is 0 Å². The molecule has 0 aromatic rings. The summed E-state index contributed by atoms with van der Waals surface area (Å²) >= 11 is 0. The Bertz CT molecular complexity index is 96.1. The van der Waals surface area contributed by atoms with Gasteiger partial charge in [-0.15, -0.1) is 0 Å². The van der Waals surface area contributed by atoms with Crippen molar-refractivity contribution in [1.29, 1.82) is 0 Å². The Morgan fingerprint density at radius 1 is 1.23 bits per heavy atom. The van der Waals surface area contributed by atoms with E-state index in [0.717, 1.165) is 25.7 Å². The van der Waals surface area contributed by atoms with Gasteiger partial charge < -0.3 is 10.1 Å². The molecule has 1 N–H and O–H groups in total. The van der Waals surface area contributed by atoms with Gasteiger partial charge in [-0.05, 0) is 38.8 Å². The molecule has 0 bridgehead atoms. The van der Waals surface area contributed by atoms with E-state index in [1.807, 2.05) is 0 Å². The van der Waals surface area contributed by atoms with E-state index in [9.17, 15) is 0 Å². The fourth-order valence-electron chi connectivity index (χ4n) is 1.42. The highest BCUT2D eigenvalue weighted by molar-refractivity contribution is 4.59. The van der Waals surface area contributed by atoms with Crippen LogP contribution >= 0.6 is 0 Å². The van der Waals surface area contributed by atoms with Gasteiger partial charge in [0.15, 0.2) is 0 Å². The van der Waals surface area contributed by atoms with Crippen molar-refractivity contribution in [3.63, 3.8) is 0 Å². The molecule has 0 aliphatic rings. The monoisotopic (exact) mass is 187 g/mol. The van der Waals surface area contributed by atoms with Crippen LogP contribution in [0.4, 0.5) is 0 Å². The summed E-state index contributed by atoms with van der Waals surface area (Å²) in [4.78, 5) is 0. The number of nitrogens with one attached hydrogen (secondary N) is 1. The topological polar surface area (TPSA) is 21.3 Å². The van der Waals surface area contributed by atoms with Crippen molar-refractivity contribution in [3.05, 3.63) is 0 Å². The van der Waals surface area contributed by atoms with Gasteiger partial charge in [-0.25, -0.2) is 0 Å². The summed E-state index contributed by atoms with van der Waals surface area (Å²) in [7, 11) is 0. The Labute approximate surface area is 83.1 Å². The molecule has 0 saturated heterocycles. The van der Waals surface area contributed by atoms with Crippen LogP contribution in [0, 0.1) is 5.92 Å². The molecule has 0 aliphatic heterocycles. The molecular weight excluding hydrogens is 162 g/mol. The smallest absolute Gasteiger partial charge is 0.0466 e. The number of ether oxygens (including phenoxy) is 1. The normalized spacial score (nSPS) is 13.2. The molecule has 0 aliphatic carbocycles. The van der Waals surface area contributed by atoms with Crippen molar-refractivity contribution in [1.82, 2.24) is 5.32 Å². The molecule has 13 heavy (non-hydrogen) atoms. The van der Waals surface area contributed by atoms with Crippen LogP contribution in [0.2, 0.25) is 0 Å². The quantitative estimate of drug-likeness (QED) is 0.560. The Morgan fingerprint density at radius 2 is 2.00 bits per heavy atom. The summed E-state index contributed by atoms with van der Waals surface area (Å²) in [5, 5.41) is 3.40. The minimum Gasteiger partial charge on any atom is -0.382 e. The number of hydrogen-bond acceptors (Lipinski definition) is 2. The molecule has 0 heterocycles. The summed E-state index contributed by atoms with van der Waals surface area (Å²) in [5.41, 5.74) is 0. The van der Waals surface area contributed by atoms with Crippen LogP contribution < -0.4 is 5.32 Å². The first-order chi connectivity index (χ1) is 6.35. The summed E-state index contributed by atoms with van der Waals surface area (Å²) in [6, 6.07) is 0. The van der Waals surface area contributed by atoms with Gasteiger partial charge in [0.25, 0.3) is 0 Å². The molecule has 1 atom stereocenters. The van der Waals surface area contributed by atoms with Crippen molar-refractivity contribution in [3.8, 4) is 0 Å². The van der Waals surface area contributed by atoms with Crippen LogP contribution in [0.5, 0.6) is 0 Å². The fraction of sp³-hybridized carbons (Fsp3) is 1.00. The summed E-state index contributed by atoms with van der Waals surface area (Å²) in [6.07, 6.45) is 3.78. The van der Waals surface area contributed by atoms with E-state index in [2.05, 4.69) is 26.1 Å². The maximum Gasteiger partial charge on any atom is 0.0466 e. The molecule has 0 radical (unpaired) electrons. The maximum atomic E-state index is 5.31. The lowest BCUT2D eigenvalue weighted by atomic mass is 10.0. The van der Waals surface area contributed by atoms with E-state index in [1.54, 1.807) is 0 Å². The van der Waals surface area contributed by atoms with Crippen LogP contribution in [0.25, 0.3) is 0 Å². The molecule has 0 rings (SSSR count). The average Bonchev–Trinajstić information content (AvgIpc) is 2.17. The predicted octanol–water partition coefficient (Wildman–Crippen LogP) is 2.44. The van der Waals surface area contributed by atoms with Gasteiger partial charge in [0, 0.05) is 13.2 Å². The Balaban J connectivity index is 3.25. The van der Waals surface area contributed by atoms with Crippen LogP contribution in [0.1, 0.15) is 40.0 Å². The molecule has 0 spiro atoms. The van der Waals surface area contributed by atoms with Crippen LogP contribution in [-0.4, -0.2) is 26.3 Å². The number of rotatable bonds is 9. The Hall–Kier alpha value is -0.0800. The molecule has 2 heteroatoms. The van der Waals surface area contributed by atoms with Crippen LogP contribution in [-0.2, 0) is 4.74 Å². The van der Waals surface area contributed by atoms with Gasteiger partial charge in [-0.1, -0.05) is 20.3 Å². The summed E-state index contributed by atoms with van der Waals surface area (Å²) in [6.45, 7) is 10.5. The molecule has 2 nitrogen and oxygen atoms in total. The summed E-state index contributed by atoms with van der Waals surface area (Å²) < 4.78 is 5.31. The lowest BCUT2D eigenvalue weighted by molar-refractivity contribution is 0.139. The third-order valence-electron chi connectivity index (χ3n) is 2.37. The minimum absolute atomic E-state index is 0.834. The van der Waals surface area contributed by atoms with Crippen molar-refractivity contribution < 1.29 is 4.74 Å².